The lowest BCUT2D eigenvalue weighted by Crippen LogP contribution is -2.53. The third-order valence-electron chi connectivity index (χ3n) is 4.80. The highest BCUT2D eigenvalue weighted by Crippen LogP contribution is 2.10. The number of piperazine rings is 1. The molecule has 0 radical (unpaired) electrons. The average Bonchev–Trinajstić information content (AvgIpc) is 3.42. The zero-order valence-corrected chi connectivity index (χ0v) is 19.5. The molecule has 0 atom stereocenters. The molecule has 2 amide bonds. The number of rotatable bonds is 6. The summed E-state index contributed by atoms with van der Waals surface area (Å²) in [4.78, 5) is 32.6. The predicted octanol–water partition coefficient (Wildman–Crippen LogP) is 1.95. The number of furan rings is 2. The van der Waals surface area contributed by atoms with E-state index in [0.29, 0.717) is 50.8 Å². The van der Waals surface area contributed by atoms with Crippen LogP contribution in [0.2, 0.25) is 0 Å². The van der Waals surface area contributed by atoms with Gasteiger partial charge in [0.15, 0.2) is 17.5 Å². The summed E-state index contributed by atoms with van der Waals surface area (Å²) in [5.41, 5.74) is 0.825. The molecule has 0 bridgehead atoms. The van der Waals surface area contributed by atoms with Crippen LogP contribution in [0, 0.1) is 6.92 Å². The number of guanidine groups is 1. The number of carbonyl (C=O) groups is 2. The molecular weight excluding hydrogens is 501 g/mol. The van der Waals surface area contributed by atoms with E-state index in [1.54, 1.807) is 30.1 Å². The van der Waals surface area contributed by atoms with Crippen molar-refractivity contribution in [3.63, 3.8) is 0 Å². The number of carbonyl (C=O) groups excluding carboxylic acids is 2. The van der Waals surface area contributed by atoms with Gasteiger partial charge in [-0.1, -0.05) is 0 Å². The fraction of sp³-hybridized carbons (Fsp3) is 0.450. The first kappa shape index (κ1) is 23.8. The molecule has 2 aromatic rings. The summed E-state index contributed by atoms with van der Waals surface area (Å²) in [6.45, 7) is 5.66. The molecule has 164 valence electrons. The molecule has 0 saturated carbocycles. The summed E-state index contributed by atoms with van der Waals surface area (Å²) in [5.74, 6) is 1.24. The molecule has 0 aliphatic carbocycles. The van der Waals surface area contributed by atoms with E-state index >= 15 is 0 Å². The molecule has 1 aliphatic heterocycles. The number of nitrogens with zero attached hydrogens (tertiary/aromatic N) is 3. The molecule has 1 aliphatic rings. The van der Waals surface area contributed by atoms with Gasteiger partial charge >= 0.3 is 0 Å². The van der Waals surface area contributed by atoms with Crippen LogP contribution in [0.4, 0.5) is 0 Å². The largest absolute Gasteiger partial charge is 0.459 e. The molecule has 0 spiro atoms. The Morgan fingerprint density at radius 3 is 2.33 bits per heavy atom. The Labute approximate surface area is 192 Å². The van der Waals surface area contributed by atoms with Crippen molar-refractivity contribution >= 4 is 41.8 Å². The molecule has 1 saturated heterocycles. The number of hydrogen-bond acceptors (Lipinski definition) is 5. The van der Waals surface area contributed by atoms with Gasteiger partial charge in [0.05, 0.1) is 12.5 Å². The summed E-state index contributed by atoms with van der Waals surface area (Å²) in [6, 6.07) is 5.16. The summed E-state index contributed by atoms with van der Waals surface area (Å²) in [6.07, 6.45) is 3.77. The van der Waals surface area contributed by atoms with Crippen molar-refractivity contribution in [2.24, 2.45) is 4.99 Å². The molecule has 9 nitrogen and oxygen atoms in total. The third kappa shape index (κ3) is 6.00. The first-order valence-electron chi connectivity index (χ1n) is 9.71. The second kappa shape index (κ2) is 11.6. The number of aliphatic imine (C=N–C) groups is 1. The molecular formula is C20H28IN5O4. The van der Waals surface area contributed by atoms with Gasteiger partial charge in [0.1, 0.15) is 0 Å². The van der Waals surface area contributed by atoms with Crippen LogP contribution in [0.3, 0.4) is 0 Å². The van der Waals surface area contributed by atoms with E-state index in [4.69, 9.17) is 8.83 Å². The quantitative estimate of drug-likeness (QED) is 0.257. The molecule has 30 heavy (non-hydrogen) atoms. The average molecular weight is 529 g/mol. The smallest absolute Gasteiger partial charge is 0.289 e. The number of hydrogen-bond donors (Lipinski definition) is 2. The fourth-order valence-electron chi connectivity index (χ4n) is 3.19. The predicted molar refractivity (Wildman–Crippen MR) is 123 cm³/mol. The van der Waals surface area contributed by atoms with Crippen molar-refractivity contribution in [1.29, 1.82) is 0 Å². The minimum absolute atomic E-state index is 0. The first-order chi connectivity index (χ1) is 14.1. The van der Waals surface area contributed by atoms with E-state index < -0.39 is 0 Å². The lowest BCUT2D eigenvalue weighted by atomic mass is 10.2. The highest BCUT2D eigenvalue weighted by atomic mass is 127. The Morgan fingerprint density at radius 2 is 1.73 bits per heavy atom. The first-order valence-corrected chi connectivity index (χ1v) is 9.71. The van der Waals surface area contributed by atoms with Crippen molar-refractivity contribution in [2.75, 3.05) is 46.3 Å². The van der Waals surface area contributed by atoms with Crippen LogP contribution in [0.1, 0.15) is 33.1 Å². The van der Waals surface area contributed by atoms with Gasteiger partial charge < -0.3 is 29.3 Å². The summed E-state index contributed by atoms with van der Waals surface area (Å²) >= 11 is 0. The Kier molecular flexibility index (Phi) is 9.21. The fourth-order valence-corrected chi connectivity index (χ4v) is 3.19. The van der Waals surface area contributed by atoms with Gasteiger partial charge in [-0.05, 0) is 31.5 Å². The van der Waals surface area contributed by atoms with Crippen LogP contribution in [0.5, 0.6) is 0 Å². The van der Waals surface area contributed by atoms with Gasteiger partial charge in [-0.15, -0.1) is 24.0 Å². The number of aryl methyl sites for hydroxylation is 1. The molecule has 3 rings (SSSR count). The maximum Gasteiger partial charge on any atom is 0.289 e. The van der Waals surface area contributed by atoms with Gasteiger partial charge in [-0.25, -0.2) is 0 Å². The van der Waals surface area contributed by atoms with E-state index in [9.17, 15) is 9.59 Å². The minimum atomic E-state index is -0.200. The number of amides is 2. The van der Waals surface area contributed by atoms with Gasteiger partial charge in [0.25, 0.3) is 11.8 Å². The lowest BCUT2D eigenvalue weighted by molar-refractivity contribution is 0.0657. The monoisotopic (exact) mass is 529 g/mol. The van der Waals surface area contributed by atoms with E-state index in [2.05, 4.69) is 20.5 Å². The number of halogens is 1. The Balaban J connectivity index is 0.00000320. The summed E-state index contributed by atoms with van der Waals surface area (Å²) < 4.78 is 10.4. The van der Waals surface area contributed by atoms with Crippen molar-refractivity contribution in [2.45, 2.75) is 13.3 Å². The second-order valence-electron chi connectivity index (χ2n) is 6.77. The van der Waals surface area contributed by atoms with Crippen LogP contribution in [-0.4, -0.2) is 73.9 Å². The molecule has 3 heterocycles. The molecule has 1 fully saturated rings. The van der Waals surface area contributed by atoms with E-state index in [1.165, 1.54) is 12.5 Å². The summed E-state index contributed by atoms with van der Waals surface area (Å²) in [7, 11) is 1.74. The standard InChI is InChI=1S/C20H27N5O4.HI/c1-15-6-14-29-17(15)18(26)22-7-4-8-23-20(21-2)25-11-9-24(10-12-25)19(27)16-5-3-13-28-16;/h3,5-6,13-14H,4,7-12H2,1-2H3,(H,21,23)(H,22,26);1H. The highest BCUT2D eigenvalue weighted by molar-refractivity contribution is 14.0. The third-order valence-corrected chi connectivity index (χ3v) is 4.80. The van der Waals surface area contributed by atoms with Gasteiger partial charge in [-0.3, -0.25) is 14.6 Å². The minimum Gasteiger partial charge on any atom is -0.459 e. The highest BCUT2D eigenvalue weighted by Gasteiger charge is 2.25. The Bertz CT molecular complexity index is 841. The van der Waals surface area contributed by atoms with Crippen molar-refractivity contribution < 1.29 is 18.4 Å². The van der Waals surface area contributed by atoms with Gasteiger partial charge in [0.2, 0.25) is 0 Å². The zero-order valence-electron chi connectivity index (χ0n) is 17.2. The number of nitrogens with one attached hydrogen (secondary N) is 2. The topological polar surface area (TPSA) is 103 Å². The lowest BCUT2D eigenvalue weighted by Gasteiger charge is -2.36. The zero-order chi connectivity index (χ0) is 20.6. The SMILES string of the molecule is CN=C(NCCCNC(=O)c1occc1C)N1CCN(C(=O)c2ccco2)CC1.I. The van der Waals surface area contributed by atoms with E-state index in [1.807, 2.05) is 6.92 Å². The van der Waals surface area contributed by atoms with Crippen LogP contribution in [0.25, 0.3) is 0 Å². The Hall–Kier alpha value is -2.50. The van der Waals surface area contributed by atoms with Crippen molar-refractivity contribution in [1.82, 2.24) is 20.4 Å². The van der Waals surface area contributed by atoms with Crippen LogP contribution in [-0.2, 0) is 0 Å². The molecule has 2 aromatic heterocycles. The molecule has 0 aromatic carbocycles. The van der Waals surface area contributed by atoms with Crippen LogP contribution in [0.15, 0.2) is 44.6 Å². The normalized spacial score (nSPS) is 14.3. The maximum atomic E-state index is 12.3. The van der Waals surface area contributed by atoms with Crippen LogP contribution >= 0.6 is 24.0 Å². The van der Waals surface area contributed by atoms with Crippen LogP contribution < -0.4 is 10.6 Å². The molecule has 0 unspecified atom stereocenters. The maximum absolute atomic E-state index is 12.3. The van der Waals surface area contributed by atoms with Crippen molar-refractivity contribution in [3.8, 4) is 0 Å². The van der Waals surface area contributed by atoms with Gasteiger partial charge in [0, 0.05) is 51.9 Å². The second-order valence-corrected chi connectivity index (χ2v) is 6.77. The van der Waals surface area contributed by atoms with E-state index in [-0.39, 0.29) is 35.8 Å². The van der Waals surface area contributed by atoms with Crippen molar-refractivity contribution in [3.05, 3.63) is 47.8 Å². The molecule has 2 N–H and O–H groups in total. The Morgan fingerprint density at radius 1 is 1.03 bits per heavy atom. The molecule has 10 heteroatoms. The van der Waals surface area contributed by atoms with E-state index in [0.717, 1.165) is 17.9 Å². The van der Waals surface area contributed by atoms with Gasteiger partial charge in [-0.2, -0.15) is 0 Å². The summed E-state index contributed by atoms with van der Waals surface area (Å²) in [5, 5.41) is 6.16.